The largest absolute Gasteiger partial charge is 0.368 e. The molecule has 3 aliphatic rings. The number of nitrogens with one attached hydrogen (secondary N) is 1. The number of benzene rings is 1. The molecular formula is C18H26N4O2. The number of nitrogens with two attached hydrogens (primary N) is 1. The van der Waals surface area contributed by atoms with E-state index in [0.717, 1.165) is 44.7 Å². The van der Waals surface area contributed by atoms with Crippen LogP contribution in [0.15, 0.2) is 30.3 Å². The van der Waals surface area contributed by atoms with Crippen molar-refractivity contribution in [1.82, 2.24) is 15.1 Å². The van der Waals surface area contributed by atoms with Gasteiger partial charge in [0.05, 0.1) is 0 Å². The molecular weight excluding hydrogens is 304 g/mol. The predicted octanol–water partition coefficient (Wildman–Crippen LogP) is 0.150. The molecule has 6 heteroatoms. The fraction of sp³-hybridized carbons (Fsp3) is 0.556. The van der Waals surface area contributed by atoms with Crippen LogP contribution in [0.4, 0.5) is 0 Å². The van der Waals surface area contributed by atoms with Gasteiger partial charge in [0.2, 0.25) is 11.8 Å². The topological polar surface area (TPSA) is 78.7 Å². The van der Waals surface area contributed by atoms with Gasteiger partial charge in [-0.05, 0) is 18.5 Å². The summed E-state index contributed by atoms with van der Waals surface area (Å²) in [6.45, 7) is 6.56. The minimum atomic E-state index is -0.696. The van der Waals surface area contributed by atoms with E-state index in [4.69, 9.17) is 5.73 Å². The van der Waals surface area contributed by atoms with Gasteiger partial charge in [0.25, 0.3) is 0 Å². The van der Waals surface area contributed by atoms with Crippen molar-refractivity contribution in [1.29, 1.82) is 0 Å². The molecule has 1 aromatic carbocycles. The minimum absolute atomic E-state index is 0.0896. The van der Waals surface area contributed by atoms with Crippen LogP contribution in [0.3, 0.4) is 0 Å². The highest BCUT2D eigenvalue weighted by atomic mass is 16.2. The number of amides is 2. The Bertz CT molecular complexity index is 588. The number of primary amides is 1. The Morgan fingerprint density at radius 3 is 2.62 bits per heavy atom. The second-order valence-corrected chi connectivity index (χ2v) is 6.79. The summed E-state index contributed by atoms with van der Waals surface area (Å²) < 4.78 is 0. The Balaban J connectivity index is 1.71. The lowest BCUT2D eigenvalue weighted by Gasteiger charge is -2.37. The highest BCUT2D eigenvalue weighted by Crippen LogP contribution is 2.20. The van der Waals surface area contributed by atoms with Gasteiger partial charge in [-0.2, -0.15) is 0 Å². The molecule has 1 aromatic rings. The molecule has 3 fully saturated rings. The summed E-state index contributed by atoms with van der Waals surface area (Å²) >= 11 is 0. The number of hydrogen-bond donors (Lipinski definition) is 2. The molecule has 0 saturated carbocycles. The molecule has 0 aromatic heterocycles. The van der Waals surface area contributed by atoms with Crippen molar-refractivity contribution < 1.29 is 9.59 Å². The maximum Gasteiger partial charge on any atom is 0.240 e. The summed E-state index contributed by atoms with van der Waals surface area (Å²) in [7, 11) is 0. The molecule has 2 amide bonds. The molecule has 130 valence electrons. The normalized spacial score (nSPS) is 28.6. The van der Waals surface area contributed by atoms with E-state index in [9.17, 15) is 9.59 Å². The lowest BCUT2D eigenvalue weighted by atomic mass is 9.92. The third-order valence-corrected chi connectivity index (χ3v) is 5.23. The van der Waals surface area contributed by atoms with Gasteiger partial charge < -0.3 is 11.1 Å². The van der Waals surface area contributed by atoms with E-state index in [1.807, 2.05) is 37.3 Å². The van der Waals surface area contributed by atoms with E-state index in [0.29, 0.717) is 0 Å². The van der Waals surface area contributed by atoms with Crippen LogP contribution in [0.5, 0.6) is 0 Å². The van der Waals surface area contributed by atoms with Crippen molar-refractivity contribution in [2.24, 2.45) is 5.73 Å². The smallest absolute Gasteiger partial charge is 0.240 e. The Kier molecular flexibility index (Phi) is 5.16. The van der Waals surface area contributed by atoms with E-state index < -0.39 is 11.9 Å². The molecule has 6 nitrogen and oxygen atoms in total. The third-order valence-electron chi connectivity index (χ3n) is 5.23. The first kappa shape index (κ1) is 16.9. The summed E-state index contributed by atoms with van der Waals surface area (Å²) in [5.41, 5.74) is 6.58. The van der Waals surface area contributed by atoms with Crippen molar-refractivity contribution in [3.05, 3.63) is 35.9 Å². The molecule has 3 aliphatic heterocycles. The number of rotatable bonds is 5. The lowest BCUT2D eigenvalue weighted by Crippen LogP contribution is -2.60. The fourth-order valence-electron chi connectivity index (χ4n) is 3.73. The van der Waals surface area contributed by atoms with Gasteiger partial charge in [0, 0.05) is 32.1 Å². The fourth-order valence-corrected chi connectivity index (χ4v) is 3.73. The van der Waals surface area contributed by atoms with E-state index in [1.54, 1.807) is 0 Å². The molecule has 0 aliphatic carbocycles. The summed E-state index contributed by atoms with van der Waals surface area (Å²) in [6.07, 6.45) is 1.09. The summed E-state index contributed by atoms with van der Waals surface area (Å²) in [5, 5.41) is 2.92. The quantitative estimate of drug-likeness (QED) is 0.806. The van der Waals surface area contributed by atoms with Crippen molar-refractivity contribution in [3.8, 4) is 0 Å². The minimum Gasteiger partial charge on any atom is -0.368 e. The first-order valence-electron chi connectivity index (χ1n) is 8.67. The van der Waals surface area contributed by atoms with E-state index in [2.05, 4.69) is 15.1 Å². The first-order valence-corrected chi connectivity index (χ1v) is 8.67. The maximum absolute atomic E-state index is 12.8. The number of carbonyl (C=O) groups is 2. The number of fused-ring (bicyclic) bond motifs is 4. The Morgan fingerprint density at radius 1 is 1.17 bits per heavy atom. The Labute approximate surface area is 143 Å². The van der Waals surface area contributed by atoms with Crippen LogP contribution in [-0.2, 0) is 9.59 Å². The van der Waals surface area contributed by atoms with Crippen LogP contribution >= 0.6 is 0 Å². The molecule has 5 unspecified atom stereocenters. The highest BCUT2D eigenvalue weighted by Gasteiger charge is 2.36. The number of nitrogens with zero attached hydrogens (tertiary/aromatic N) is 2. The second kappa shape index (κ2) is 7.32. The van der Waals surface area contributed by atoms with Crippen LogP contribution in [0.2, 0.25) is 0 Å². The summed E-state index contributed by atoms with van der Waals surface area (Å²) in [6, 6.07) is 8.80. The van der Waals surface area contributed by atoms with Gasteiger partial charge in [-0.3, -0.25) is 19.4 Å². The molecule has 0 radical (unpaired) electrons. The van der Waals surface area contributed by atoms with Gasteiger partial charge in [0.15, 0.2) is 0 Å². The predicted molar refractivity (Wildman–Crippen MR) is 92.4 cm³/mol. The third kappa shape index (κ3) is 3.60. The average Bonchev–Trinajstić information content (AvgIpc) is 2.95. The first-order chi connectivity index (χ1) is 11.6. The zero-order chi connectivity index (χ0) is 17.1. The van der Waals surface area contributed by atoms with Crippen LogP contribution in [-0.4, -0.2) is 66.4 Å². The van der Waals surface area contributed by atoms with E-state index in [-0.39, 0.29) is 17.9 Å². The standard InChI is InChI=1S/C18H26N4O2/c1-13(14-6-3-2-4-7-14)16(17(19)23)20-18(24)15-12-21-8-5-9-22(15)11-10-21/h2-4,6-7,13,15-16H,5,8-12H2,1H3,(H2,19,23)(H,20,24). The Hall–Kier alpha value is -1.92. The van der Waals surface area contributed by atoms with Crippen LogP contribution in [0, 0.1) is 0 Å². The molecule has 0 spiro atoms. The van der Waals surface area contributed by atoms with Crippen molar-refractivity contribution >= 4 is 11.8 Å². The summed E-state index contributed by atoms with van der Waals surface area (Å²) in [4.78, 5) is 29.3. The maximum atomic E-state index is 12.8. The Morgan fingerprint density at radius 2 is 1.92 bits per heavy atom. The number of carbonyl (C=O) groups excluding carboxylic acids is 2. The molecule has 3 N–H and O–H groups in total. The summed E-state index contributed by atoms with van der Waals surface area (Å²) in [5.74, 6) is -0.743. The highest BCUT2D eigenvalue weighted by molar-refractivity contribution is 5.90. The molecule has 2 bridgehead atoms. The van der Waals surface area contributed by atoms with E-state index in [1.165, 1.54) is 0 Å². The zero-order valence-electron chi connectivity index (χ0n) is 14.1. The average molecular weight is 330 g/mol. The van der Waals surface area contributed by atoms with Crippen molar-refractivity contribution in [2.45, 2.75) is 31.3 Å². The van der Waals surface area contributed by atoms with Gasteiger partial charge in [-0.15, -0.1) is 0 Å². The molecule has 24 heavy (non-hydrogen) atoms. The van der Waals surface area contributed by atoms with Gasteiger partial charge in [0.1, 0.15) is 12.1 Å². The monoisotopic (exact) mass is 330 g/mol. The van der Waals surface area contributed by atoms with Crippen molar-refractivity contribution in [2.75, 3.05) is 32.7 Å². The van der Waals surface area contributed by atoms with Gasteiger partial charge >= 0.3 is 0 Å². The van der Waals surface area contributed by atoms with Crippen LogP contribution in [0.1, 0.15) is 24.8 Å². The van der Waals surface area contributed by atoms with Crippen molar-refractivity contribution in [3.63, 3.8) is 0 Å². The van der Waals surface area contributed by atoms with Gasteiger partial charge in [-0.25, -0.2) is 0 Å². The molecule has 4 rings (SSSR count). The molecule has 5 atom stereocenters. The molecule has 3 saturated heterocycles. The van der Waals surface area contributed by atoms with E-state index >= 15 is 0 Å². The lowest BCUT2D eigenvalue weighted by molar-refractivity contribution is -0.132. The SMILES string of the molecule is CC(c1ccccc1)C(NC(=O)C1CN2CCCN1CC2)C(N)=O. The molecule has 3 heterocycles. The van der Waals surface area contributed by atoms with Gasteiger partial charge in [-0.1, -0.05) is 37.3 Å². The zero-order valence-corrected chi connectivity index (χ0v) is 14.1. The van der Waals surface area contributed by atoms with Crippen LogP contribution < -0.4 is 11.1 Å². The second-order valence-electron chi connectivity index (χ2n) is 6.79. The number of hydrogen-bond acceptors (Lipinski definition) is 4. The van der Waals surface area contributed by atoms with Crippen LogP contribution in [0.25, 0.3) is 0 Å². The number of piperazine rings is 1.